The maximum atomic E-state index is 13.0. The van der Waals surface area contributed by atoms with Gasteiger partial charge in [0.05, 0.1) is 34.1 Å². The molecule has 2 heterocycles. The number of benzene rings is 2. The van der Waals surface area contributed by atoms with Crippen molar-refractivity contribution in [3.63, 3.8) is 0 Å². The van der Waals surface area contributed by atoms with E-state index in [1.54, 1.807) is 17.0 Å². The van der Waals surface area contributed by atoms with E-state index in [0.29, 0.717) is 33.7 Å². The van der Waals surface area contributed by atoms with E-state index in [1.807, 2.05) is 30.0 Å². The second kappa shape index (κ2) is 8.01. The first-order valence-corrected chi connectivity index (χ1v) is 10.6. The zero-order valence-corrected chi connectivity index (χ0v) is 17.6. The Balaban J connectivity index is 1.67. The first kappa shape index (κ1) is 20.3. The highest BCUT2D eigenvalue weighted by Crippen LogP contribution is 2.43. The maximum absolute atomic E-state index is 13.0. The minimum Gasteiger partial charge on any atom is -0.344 e. The minimum atomic E-state index is -0.485. The van der Waals surface area contributed by atoms with Gasteiger partial charge in [0, 0.05) is 35.2 Å². The molecule has 0 saturated carbocycles. The van der Waals surface area contributed by atoms with Crippen molar-refractivity contribution in [1.29, 1.82) is 5.26 Å². The fourth-order valence-electron chi connectivity index (χ4n) is 3.64. The maximum Gasteiger partial charge on any atom is 0.269 e. The van der Waals surface area contributed by atoms with Crippen molar-refractivity contribution in [3.05, 3.63) is 79.3 Å². The number of hydrogen-bond acceptors (Lipinski definition) is 6. The molecule has 9 heteroatoms. The summed E-state index contributed by atoms with van der Waals surface area (Å²) in [6.45, 7) is 2.26. The van der Waals surface area contributed by atoms with Crippen LogP contribution in [0.5, 0.6) is 0 Å². The van der Waals surface area contributed by atoms with Crippen molar-refractivity contribution in [2.45, 2.75) is 19.3 Å². The Morgan fingerprint density at radius 2 is 2.10 bits per heavy atom. The van der Waals surface area contributed by atoms with Crippen LogP contribution in [0.25, 0.3) is 0 Å². The molecule has 1 unspecified atom stereocenters. The average Bonchev–Trinajstić information content (AvgIpc) is 2.75. The number of nitro benzene ring substituents is 1. The number of hydrogen-bond donors (Lipinski definition) is 0. The van der Waals surface area contributed by atoms with Gasteiger partial charge in [0.2, 0.25) is 5.91 Å². The zero-order valence-electron chi connectivity index (χ0n) is 16.0. The Labute approximate surface area is 182 Å². The number of amides is 1. The third-order valence-electron chi connectivity index (χ3n) is 5.30. The first-order valence-electron chi connectivity index (χ1n) is 9.22. The van der Waals surface area contributed by atoms with Crippen LogP contribution in [0.4, 0.5) is 11.4 Å². The van der Waals surface area contributed by atoms with Gasteiger partial charge < -0.3 is 4.90 Å². The highest BCUT2D eigenvalue weighted by atomic mass is 35.5. The van der Waals surface area contributed by atoms with Crippen LogP contribution in [0.2, 0.25) is 5.02 Å². The monoisotopic (exact) mass is 440 g/mol. The van der Waals surface area contributed by atoms with Gasteiger partial charge in [-0.05, 0) is 30.2 Å². The molecular weight excluding hydrogens is 424 g/mol. The van der Waals surface area contributed by atoms with Crippen LogP contribution >= 0.6 is 23.4 Å². The Morgan fingerprint density at radius 3 is 2.80 bits per heavy atom. The number of nitro groups is 1. The molecule has 0 spiro atoms. The van der Waals surface area contributed by atoms with Crippen LogP contribution < -0.4 is 4.90 Å². The molecule has 1 saturated heterocycles. The lowest BCUT2D eigenvalue weighted by atomic mass is 9.86. The van der Waals surface area contributed by atoms with Crippen molar-refractivity contribution < 1.29 is 9.72 Å². The molecule has 30 heavy (non-hydrogen) atoms. The Hall–Kier alpha value is -3.02. The topological polar surface area (TPSA) is 90.5 Å². The first-order chi connectivity index (χ1) is 14.4. The molecule has 2 aliphatic heterocycles. The van der Waals surface area contributed by atoms with Crippen LogP contribution in [0, 0.1) is 28.4 Å². The number of carbonyl (C=O) groups excluding carboxylic acids is 1. The molecule has 7 nitrogen and oxygen atoms in total. The summed E-state index contributed by atoms with van der Waals surface area (Å²) in [5.74, 6) is -0.0387. The number of carbonyl (C=O) groups is 1. The molecule has 1 fully saturated rings. The molecule has 0 bridgehead atoms. The number of non-ortho nitro benzene ring substituents is 1. The second-order valence-electron chi connectivity index (χ2n) is 7.15. The summed E-state index contributed by atoms with van der Waals surface area (Å²) in [5.41, 5.74) is 2.91. The molecule has 0 aliphatic carbocycles. The quantitative estimate of drug-likeness (QED) is 0.504. The standard InChI is InChI=1S/C21H17ClN4O3S/c1-13-5-6-15(8-19(13)22)24-11-25-20(27)9-17(18(10-23)21(25)30-12-24)14-3-2-4-16(7-14)26(28)29/h2-8,17H,9,11-12H2,1H3. The Morgan fingerprint density at radius 1 is 1.30 bits per heavy atom. The highest BCUT2D eigenvalue weighted by Gasteiger charge is 2.38. The molecule has 152 valence electrons. The van der Waals surface area contributed by atoms with E-state index in [-0.39, 0.29) is 18.0 Å². The van der Waals surface area contributed by atoms with Crippen molar-refractivity contribution in [1.82, 2.24) is 4.90 Å². The van der Waals surface area contributed by atoms with Gasteiger partial charge >= 0.3 is 0 Å². The molecule has 2 aliphatic rings. The third kappa shape index (κ3) is 3.62. The van der Waals surface area contributed by atoms with Crippen LogP contribution in [0.3, 0.4) is 0 Å². The van der Waals surface area contributed by atoms with Gasteiger partial charge in [-0.2, -0.15) is 5.26 Å². The summed E-state index contributed by atoms with van der Waals surface area (Å²) in [7, 11) is 0. The normalized spacial score (nSPS) is 18.8. The van der Waals surface area contributed by atoms with E-state index in [2.05, 4.69) is 6.07 Å². The van der Waals surface area contributed by atoms with Gasteiger partial charge in [0.25, 0.3) is 5.69 Å². The molecule has 4 rings (SSSR count). The summed E-state index contributed by atoms with van der Waals surface area (Å²) in [4.78, 5) is 27.3. The van der Waals surface area contributed by atoms with Crippen LogP contribution in [-0.4, -0.2) is 28.3 Å². The predicted molar refractivity (Wildman–Crippen MR) is 116 cm³/mol. The number of allylic oxidation sites excluding steroid dienone is 1. The molecule has 2 aromatic carbocycles. The van der Waals surface area contributed by atoms with Crippen molar-refractivity contribution in [3.8, 4) is 6.07 Å². The highest BCUT2D eigenvalue weighted by molar-refractivity contribution is 8.03. The van der Waals surface area contributed by atoms with E-state index in [9.17, 15) is 20.2 Å². The summed E-state index contributed by atoms with van der Waals surface area (Å²) >= 11 is 7.67. The molecule has 0 N–H and O–H groups in total. The van der Waals surface area contributed by atoms with Gasteiger partial charge in [-0.25, -0.2) is 0 Å². The van der Waals surface area contributed by atoms with Crippen molar-refractivity contribution in [2.24, 2.45) is 0 Å². The molecule has 0 aromatic heterocycles. The number of thioether (sulfide) groups is 1. The average molecular weight is 441 g/mol. The number of nitriles is 1. The summed E-state index contributed by atoms with van der Waals surface area (Å²) < 4.78 is 0. The van der Waals surface area contributed by atoms with Crippen molar-refractivity contribution >= 4 is 40.6 Å². The molecule has 0 radical (unpaired) electrons. The zero-order chi connectivity index (χ0) is 21.4. The van der Waals surface area contributed by atoms with E-state index >= 15 is 0 Å². The lowest BCUT2D eigenvalue weighted by molar-refractivity contribution is -0.384. The Kier molecular flexibility index (Phi) is 5.41. The van der Waals surface area contributed by atoms with Gasteiger partial charge in [0.15, 0.2) is 0 Å². The van der Waals surface area contributed by atoms with Gasteiger partial charge in [-0.15, -0.1) is 0 Å². The van der Waals surface area contributed by atoms with E-state index < -0.39 is 10.8 Å². The number of aryl methyl sites for hydroxylation is 1. The smallest absolute Gasteiger partial charge is 0.269 e. The summed E-state index contributed by atoms with van der Waals surface area (Å²) in [6, 6.07) is 14.2. The summed E-state index contributed by atoms with van der Waals surface area (Å²) in [5, 5.41) is 22.3. The van der Waals surface area contributed by atoms with Gasteiger partial charge in [0.1, 0.15) is 0 Å². The van der Waals surface area contributed by atoms with E-state index in [1.165, 1.54) is 23.9 Å². The van der Waals surface area contributed by atoms with Gasteiger partial charge in [-0.3, -0.25) is 19.8 Å². The fraction of sp³-hybridized carbons (Fsp3) is 0.238. The van der Waals surface area contributed by atoms with E-state index in [4.69, 9.17) is 11.6 Å². The second-order valence-corrected chi connectivity index (χ2v) is 8.49. The van der Waals surface area contributed by atoms with Crippen LogP contribution in [0.15, 0.2) is 53.1 Å². The lowest BCUT2D eigenvalue weighted by Gasteiger charge is -2.42. The van der Waals surface area contributed by atoms with Crippen LogP contribution in [0.1, 0.15) is 23.5 Å². The fourth-order valence-corrected chi connectivity index (χ4v) is 4.99. The number of fused-ring (bicyclic) bond motifs is 1. The number of halogens is 1. The minimum absolute atomic E-state index is 0.0524. The molecular formula is C21H17ClN4O3S. The largest absolute Gasteiger partial charge is 0.344 e. The van der Waals surface area contributed by atoms with Crippen molar-refractivity contribution in [2.75, 3.05) is 17.4 Å². The summed E-state index contributed by atoms with van der Waals surface area (Å²) in [6.07, 6.45) is 0.0939. The molecule has 1 amide bonds. The SMILES string of the molecule is Cc1ccc(N2CSC3=C(C#N)C(c4cccc([N+](=O)[O-])c4)CC(=O)N3C2)cc1Cl. The van der Waals surface area contributed by atoms with Crippen LogP contribution in [-0.2, 0) is 4.79 Å². The van der Waals surface area contributed by atoms with E-state index in [0.717, 1.165) is 11.3 Å². The number of nitrogens with zero attached hydrogens (tertiary/aromatic N) is 4. The number of anilines is 1. The predicted octanol–water partition coefficient (Wildman–Crippen LogP) is 4.78. The third-order valence-corrected chi connectivity index (χ3v) is 6.86. The molecule has 2 aromatic rings. The molecule has 1 atom stereocenters. The Bertz CT molecular complexity index is 1130. The van der Waals surface area contributed by atoms with Gasteiger partial charge in [-0.1, -0.05) is 41.6 Å². The lowest BCUT2D eigenvalue weighted by Crippen LogP contribution is -2.47. The number of rotatable bonds is 3.